The summed E-state index contributed by atoms with van der Waals surface area (Å²) in [7, 11) is 1.74. The summed E-state index contributed by atoms with van der Waals surface area (Å²) in [6.07, 6.45) is 5.46. The third-order valence-electron chi connectivity index (χ3n) is 3.24. The lowest BCUT2D eigenvalue weighted by Gasteiger charge is -2.41. The lowest BCUT2D eigenvalue weighted by molar-refractivity contribution is -0.100. The lowest BCUT2D eigenvalue weighted by atomic mass is 9.76. The maximum absolute atomic E-state index is 9.93. The number of aromatic nitrogens is 1. The van der Waals surface area contributed by atoms with E-state index in [-0.39, 0.29) is 5.60 Å². The second-order valence-electron chi connectivity index (χ2n) is 4.09. The van der Waals surface area contributed by atoms with Gasteiger partial charge >= 0.3 is 0 Å². The molecule has 1 aliphatic carbocycles. The molecule has 0 aromatic carbocycles. The van der Waals surface area contributed by atoms with Crippen LogP contribution in [-0.4, -0.2) is 22.8 Å². The molecule has 1 saturated carbocycles. The summed E-state index contributed by atoms with van der Waals surface area (Å²) in [5.41, 5.74) is 0.818. The molecule has 1 atom stereocenters. The van der Waals surface area contributed by atoms with Crippen molar-refractivity contribution in [2.24, 2.45) is 0 Å². The first-order valence-corrected chi connectivity index (χ1v) is 5.12. The zero-order valence-corrected chi connectivity index (χ0v) is 8.49. The van der Waals surface area contributed by atoms with Crippen molar-refractivity contribution in [1.29, 1.82) is 0 Å². The van der Waals surface area contributed by atoms with Crippen LogP contribution in [0, 0.1) is 0 Å². The molecule has 1 unspecified atom stereocenters. The van der Waals surface area contributed by atoms with E-state index in [4.69, 9.17) is 4.74 Å². The van der Waals surface area contributed by atoms with E-state index >= 15 is 0 Å². The molecule has 14 heavy (non-hydrogen) atoms. The number of aliphatic hydroxyl groups excluding tert-OH is 1. The second kappa shape index (κ2) is 3.75. The fraction of sp³-hybridized carbons (Fsp3) is 0.636. The Bertz CT molecular complexity index is 272. The average Bonchev–Trinajstić information content (AvgIpc) is 2.63. The van der Waals surface area contributed by atoms with Crippen LogP contribution >= 0.6 is 0 Å². The van der Waals surface area contributed by atoms with Gasteiger partial charge in [-0.3, -0.25) is 0 Å². The highest BCUT2D eigenvalue weighted by molar-refractivity contribution is 5.08. The Morgan fingerprint density at radius 1 is 1.64 bits per heavy atom. The molecule has 1 aliphatic rings. The van der Waals surface area contributed by atoms with E-state index in [9.17, 15) is 5.11 Å². The number of aliphatic hydroxyl groups is 1. The third-order valence-corrected chi connectivity index (χ3v) is 3.24. The van der Waals surface area contributed by atoms with Crippen molar-refractivity contribution in [3.05, 3.63) is 24.0 Å². The molecule has 0 radical (unpaired) electrons. The van der Waals surface area contributed by atoms with Gasteiger partial charge in [0, 0.05) is 25.4 Å². The molecule has 0 amide bonds. The van der Waals surface area contributed by atoms with Gasteiger partial charge in [-0.25, -0.2) is 0 Å². The molecular weight excluding hydrogens is 178 g/mol. The number of rotatable bonds is 4. The van der Waals surface area contributed by atoms with Crippen LogP contribution in [0.25, 0.3) is 0 Å². The van der Waals surface area contributed by atoms with Gasteiger partial charge < -0.3 is 14.8 Å². The topological polar surface area (TPSA) is 45.2 Å². The van der Waals surface area contributed by atoms with Gasteiger partial charge in [0.05, 0.1) is 11.7 Å². The van der Waals surface area contributed by atoms with Crippen LogP contribution in [-0.2, 0) is 4.74 Å². The molecule has 1 aromatic heterocycles. The average molecular weight is 195 g/mol. The maximum Gasteiger partial charge on any atom is 0.0965 e. The minimum atomic E-state index is -0.426. The van der Waals surface area contributed by atoms with E-state index in [1.54, 1.807) is 7.11 Å². The van der Waals surface area contributed by atoms with Gasteiger partial charge in [0.25, 0.3) is 0 Å². The fourth-order valence-electron chi connectivity index (χ4n) is 2.08. The van der Waals surface area contributed by atoms with Crippen molar-refractivity contribution in [3.63, 3.8) is 0 Å². The van der Waals surface area contributed by atoms with E-state index in [1.807, 2.05) is 18.3 Å². The first-order chi connectivity index (χ1) is 6.76. The minimum absolute atomic E-state index is 0.0650. The molecule has 3 nitrogen and oxygen atoms in total. The lowest BCUT2D eigenvalue weighted by Crippen LogP contribution is -2.40. The van der Waals surface area contributed by atoms with E-state index in [1.165, 1.54) is 6.42 Å². The number of ether oxygens (including phenoxy) is 1. The molecule has 0 bridgehead atoms. The summed E-state index contributed by atoms with van der Waals surface area (Å²) in [6, 6.07) is 3.81. The fourth-order valence-corrected chi connectivity index (χ4v) is 2.08. The summed E-state index contributed by atoms with van der Waals surface area (Å²) in [4.78, 5) is 3.03. The normalized spacial score (nSPS) is 21.6. The largest absolute Gasteiger partial charge is 0.387 e. The van der Waals surface area contributed by atoms with Crippen LogP contribution in [0.5, 0.6) is 0 Å². The Hall–Kier alpha value is -0.800. The first kappa shape index (κ1) is 9.74. The zero-order valence-electron chi connectivity index (χ0n) is 8.49. The van der Waals surface area contributed by atoms with E-state index < -0.39 is 6.10 Å². The number of hydrogen-bond donors (Lipinski definition) is 2. The Morgan fingerprint density at radius 2 is 2.43 bits per heavy atom. The monoisotopic (exact) mass is 195 g/mol. The van der Waals surface area contributed by atoms with Gasteiger partial charge in [-0.05, 0) is 31.4 Å². The second-order valence-corrected chi connectivity index (χ2v) is 4.09. The van der Waals surface area contributed by atoms with Gasteiger partial charge in [0.1, 0.15) is 0 Å². The molecule has 3 heteroatoms. The summed E-state index contributed by atoms with van der Waals surface area (Å²) in [6.45, 7) is 0. The van der Waals surface area contributed by atoms with Gasteiger partial charge in [0.15, 0.2) is 0 Å². The number of H-pyrrole nitrogens is 1. The molecule has 2 N–H and O–H groups in total. The van der Waals surface area contributed by atoms with Gasteiger partial charge in [-0.2, -0.15) is 0 Å². The molecule has 1 fully saturated rings. The Morgan fingerprint density at radius 3 is 2.86 bits per heavy atom. The van der Waals surface area contributed by atoms with Crippen molar-refractivity contribution in [2.75, 3.05) is 7.11 Å². The predicted octanol–water partition coefficient (Wildman–Crippen LogP) is 2.01. The van der Waals surface area contributed by atoms with Gasteiger partial charge in [0.2, 0.25) is 0 Å². The van der Waals surface area contributed by atoms with Crippen LogP contribution < -0.4 is 0 Å². The van der Waals surface area contributed by atoms with Crippen LogP contribution in [0.3, 0.4) is 0 Å². The smallest absolute Gasteiger partial charge is 0.0965 e. The summed E-state index contributed by atoms with van der Waals surface area (Å²) in [5, 5.41) is 9.93. The van der Waals surface area contributed by atoms with Crippen LogP contribution in [0.2, 0.25) is 0 Å². The molecule has 78 valence electrons. The van der Waals surface area contributed by atoms with Crippen LogP contribution in [0.4, 0.5) is 0 Å². The van der Waals surface area contributed by atoms with Crippen molar-refractivity contribution >= 4 is 0 Å². The molecular formula is C11H17NO2. The number of aromatic amines is 1. The SMILES string of the molecule is COC1(CC(O)c2ccc[nH]2)CCC1. The zero-order chi connectivity index (χ0) is 10.0. The highest BCUT2D eigenvalue weighted by atomic mass is 16.5. The van der Waals surface area contributed by atoms with Crippen LogP contribution in [0.15, 0.2) is 18.3 Å². The quantitative estimate of drug-likeness (QED) is 0.772. The molecule has 0 spiro atoms. The van der Waals surface area contributed by atoms with Gasteiger partial charge in [-0.1, -0.05) is 0 Å². The highest BCUT2D eigenvalue weighted by Crippen LogP contribution is 2.41. The third kappa shape index (κ3) is 1.70. The van der Waals surface area contributed by atoms with Crippen molar-refractivity contribution in [3.8, 4) is 0 Å². The molecule has 0 saturated heterocycles. The van der Waals surface area contributed by atoms with Crippen molar-refractivity contribution in [1.82, 2.24) is 4.98 Å². The van der Waals surface area contributed by atoms with Crippen LogP contribution in [0.1, 0.15) is 37.5 Å². The summed E-state index contributed by atoms with van der Waals surface area (Å²) >= 11 is 0. The van der Waals surface area contributed by atoms with E-state index in [0.29, 0.717) is 6.42 Å². The summed E-state index contributed by atoms with van der Waals surface area (Å²) in [5.74, 6) is 0. The summed E-state index contributed by atoms with van der Waals surface area (Å²) < 4.78 is 5.47. The number of nitrogens with one attached hydrogen (secondary N) is 1. The van der Waals surface area contributed by atoms with Crippen molar-refractivity contribution in [2.45, 2.75) is 37.4 Å². The number of methoxy groups -OCH3 is 1. The Labute approximate surface area is 84.1 Å². The van der Waals surface area contributed by atoms with Gasteiger partial charge in [-0.15, -0.1) is 0 Å². The van der Waals surface area contributed by atoms with Crippen molar-refractivity contribution < 1.29 is 9.84 Å². The molecule has 1 heterocycles. The first-order valence-electron chi connectivity index (χ1n) is 5.12. The molecule has 0 aliphatic heterocycles. The molecule has 2 rings (SSSR count). The maximum atomic E-state index is 9.93. The highest BCUT2D eigenvalue weighted by Gasteiger charge is 2.39. The minimum Gasteiger partial charge on any atom is -0.387 e. The van der Waals surface area contributed by atoms with E-state index in [2.05, 4.69) is 4.98 Å². The predicted molar refractivity (Wildman–Crippen MR) is 54.0 cm³/mol. The molecule has 1 aromatic rings. The Kier molecular flexibility index (Phi) is 2.61. The Balaban J connectivity index is 1.97. The number of hydrogen-bond acceptors (Lipinski definition) is 2. The van der Waals surface area contributed by atoms with E-state index in [0.717, 1.165) is 18.5 Å². The standard InChI is InChI=1S/C11H17NO2/c1-14-11(5-3-6-11)8-10(13)9-4-2-7-12-9/h2,4,7,10,12-13H,3,5-6,8H2,1H3.